The van der Waals surface area contributed by atoms with E-state index < -0.39 is 28.0 Å². The minimum Gasteiger partial charge on any atom is -0.467 e. The van der Waals surface area contributed by atoms with E-state index in [1.54, 1.807) is 11.6 Å². The second-order valence-electron chi connectivity index (χ2n) is 4.42. The lowest BCUT2D eigenvalue weighted by atomic mass is 10.2. The van der Waals surface area contributed by atoms with Crippen molar-refractivity contribution in [3.8, 4) is 0 Å². The van der Waals surface area contributed by atoms with Crippen molar-refractivity contribution in [2.24, 2.45) is 0 Å². The van der Waals surface area contributed by atoms with E-state index >= 15 is 0 Å². The number of alkyl halides is 3. The summed E-state index contributed by atoms with van der Waals surface area (Å²) < 4.78 is 69.4. The summed E-state index contributed by atoms with van der Waals surface area (Å²) in [7, 11) is -4.32. The molecule has 114 valence electrons. The molecule has 1 aromatic heterocycles. The van der Waals surface area contributed by atoms with Gasteiger partial charge in [0.05, 0.1) is 11.2 Å². The van der Waals surface area contributed by atoms with Crippen LogP contribution in [-0.4, -0.2) is 14.6 Å². The number of benzene rings is 1. The zero-order chi connectivity index (χ0) is 15.7. The minimum atomic E-state index is -4.81. The summed E-state index contributed by atoms with van der Waals surface area (Å²) in [6, 6.07) is 5.39. The number of aryl methyl sites for hydroxylation is 1. The molecule has 2 aromatic rings. The second-order valence-corrected chi connectivity index (χ2v) is 6.14. The van der Waals surface area contributed by atoms with Crippen LogP contribution in [0.25, 0.3) is 0 Å². The van der Waals surface area contributed by atoms with Crippen LogP contribution in [-0.2, 0) is 10.0 Å². The first-order chi connectivity index (χ1) is 9.70. The van der Waals surface area contributed by atoms with E-state index in [2.05, 4.69) is 4.42 Å². The monoisotopic (exact) mass is 319 g/mol. The summed E-state index contributed by atoms with van der Waals surface area (Å²) >= 11 is 0. The molecule has 1 N–H and O–H groups in total. The Bertz CT molecular complexity index is 691. The van der Waals surface area contributed by atoms with Gasteiger partial charge in [-0.05, 0) is 31.2 Å². The second kappa shape index (κ2) is 5.53. The molecule has 0 aliphatic carbocycles. The highest BCUT2D eigenvalue weighted by Crippen LogP contribution is 2.34. The standard InChI is InChI=1S/C13H12F3NO3S/c1-9-4-6-10(7-5-9)21(18,19)17-12(13(14,15)16)11-3-2-8-20-11/h2-8,12,17H,1H3. The van der Waals surface area contributed by atoms with Gasteiger partial charge in [-0.3, -0.25) is 0 Å². The van der Waals surface area contributed by atoms with Crippen LogP contribution in [0.4, 0.5) is 13.2 Å². The molecule has 2 rings (SSSR count). The number of nitrogens with one attached hydrogen (secondary N) is 1. The summed E-state index contributed by atoms with van der Waals surface area (Å²) in [5, 5.41) is 0. The number of rotatable bonds is 4. The maximum absolute atomic E-state index is 13.0. The van der Waals surface area contributed by atoms with Gasteiger partial charge in [0.15, 0.2) is 6.04 Å². The summed E-state index contributed by atoms with van der Waals surface area (Å²) in [5.74, 6) is -0.516. The van der Waals surface area contributed by atoms with E-state index in [1.165, 1.54) is 30.3 Å². The number of sulfonamides is 1. The maximum atomic E-state index is 13.0. The zero-order valence-electron chi connectivity index (χ0n) is 10.9. The fourth-order valence-corrected chi connectivity index (χ4v) is 2.87. The molecular weight excluding hydrogens is 307 g/mol. The van der Waals surface area contributed by atoms with Crippen molar-refractivity contribution in [1.82, 2.24) is 4.72 Å². The third kappa shape index (κ3) is 3.64. The summed E-state index contributed by atoms with van der Waals surface area (Å²) in [5.41, 5.74) is 0.798. The largest absolute Gasteiger partial charge is 0.467 e. The van der Waals surface area contributed by atoms with Crippen LogP contribution in [0.15, 0.2) is 52.0 Å². The zero-order valence-corrected chi connectivity index (χ0v) is 11.7. The fourth-order valence-electron chi connectivity index (χ4n) is 1.68. The SMILES string of the molecule is Cc1ccc(S(=O)(=O)NC(c2ccco2)C(F)(F)F)cc1. The van der Waals surface area contributed by atoms with Gasteiger partial charge in [0.2, 0.25) is 10.0 Å². The van der Waals surface area contributed by atoms with Gasteiger partial charge in [-0.15, -0.1) is 0 Å². The van der Waals surface area contributed by atoms with Gasteiger partial charge >= 0.3 is 6.18 Å². The van der Waals surface area contributed by atoms with E-state index in [1.807, 2.05) is 0 Å². The maximum Gasteiger partial charge on any atom is 0.411 e. The van der Waals surface area contributed by atoms with Gasteiger partial charge in [0, 0.05) is 0 Å². The molecule has 4 nitrogen and oxygen atoms in total. The molecule has 0 radical (unpaired) electrons. The Labute approximate surface area is 119 Å². The quantitative estimate of drug-likeness (QED) is 0.941. The first-order valence-corrected chi connectivity index (χ1v) is 7.37. The first kappa shape index (κ1) is 15.6. The van der Waals surface area contributed by atoms with Gasteiger partial charge in [0.1, 0.15) is 5.76 Å². The number of furan rings is 1. The van der Waals surface area contributed by atoms with Crippen LogP contribution < -0.4 is 4.72 Å². The number of hydrogen-bond donors (Lipinski definition) is 1. The van der Waals surface area contributed by atoms with E-state index in [9.17, 15) is 21.6 Å². The molecule has 0 saturated heterocycles. The lowest BCUT2D eigenvalue weighted by molar-refractivity contribution is -0.156. The molecule has 0 bridgehead atoms. The Morgan fingerprint density at radius 1 is 1.14 bits per heavy atom. The van der Waals surface area contributed by atoms with E-state index in [4.69, 9.17) is 0 Å². The normalized spacial score (nSPS) is 14.1. The first-order valence-electron chi connectivity index (χ1n) is 5.89. The Kier molecular flexibility index (Phi) is 4.11. The molecule has 0 amide bonds. The molecule has 21 heavy (non-hydrogen) atoms. The van der Waals surface area contributed by atoms with Gasteiger partial charge in [0.25, 0.3) is 0 Å². The minimum absolute atomic E-state index is 0.242. The van der Waals surface area contributed by atoms with Crippen molar-refractivity contribution in [2.45, 2.75) is 24.0 Å². The molecule has 1 atom stereocenters. The average Bonchev–Trinajstić information content (AvgIpc) is 2.88. The van der Waals surface area contributed by atoms with Crippen molar-refractivity contribution >= 4 is 10.0 Å². The summed E-state index contributed by atoms with van der Waals surface area (Å²) in [6.45, 7) is 1.74. The van der Waals surface area contributed by atoms with Crippen LogP contribution in [0.5, 0.6) is 0 Å². The lowest BCUT2D eigenvalue weighted by Crippen LogP contribution is -2.37. The highest BCUT2D eigenvalue weighted by Gasteiger charge is 2.45. The lowest BCUT2D eigenvalue weighted by Gasteiger charge is -2.19. The molecule has 8 heteroatoms. The molecule has 0 saturated carbocycles. The van der Waals surface area contributed by atoms with Crippen LogP contribution in [0.2, 0.25) is 0 Å². The van der Waals surface area contributed by atoms with Crippen LogP contribution in [0.1, 0.15) is 17.4 Å². The van der Waals surface area contributed by atoms with Crippen molar-refractivity contribution in [1.29, 1.82) is 0 Å². The number of hydrogen-bond acceptors (Lipinski definition) is 3. The Morgan fingerprint density at radius 3 is 2.24 bits per heavy atom. The summed E-state index contributed by atoms with van der Waals surface area (Å²) in [4.78, 5) is -0.242. The predicted molar refractivity (Wildman–Crippen MR) is 69.0 cm³/mol. The van der Waals surface area contributed by atoms with Crippen molar-refractivity contribution in [2.75, 3.05) is 0 Å². The van der Waals surface area contributed by atoms with Gasteiger partial charge in [-0.2, -0.15) is 17.9 Å². The molecule has 0 aliphatic heterocycles. The average molecular weight is 319 g/mol. The van der Waals surface area contributed by atoms with E-state index in [0.717, 1.165) is 17.9 Å². The Morgan fingerprint density at radius 2 is 1.76 bits per heavy atom. The molecule has 1 heterocycles. The van der Waals surface area contributed by atoms with Crippen molar-refractivity contribution in [3.63, 3.8) is 0 Å². The molecule has 1 aromatic carbocycles. The topological polar surface area (TPSA) is 59.3 Å². The van der Waals surface area contributed by atoms with Gasteiger partial charge < -0.3 is 4.42 Å². The third-order valence-corrected chi connectivity index (χ3v) is 4.20. The molecule has 0 spiro atoms. The van der Waals surface area contributed by atoms with Crippen LogP contribution in [0, 0.1) is 6.92 Å². The smallest absolute Gasteiger partial charge is 0.411 e. The summed E-state index contributed by atoms with van der Waals surface area (Å²) in [6.07, 6.45) is -3.76. The predicted octanol–water partition coefficient (Wildman–Crippen LogP) is 3.17. The highest BCUT2D eigenvalue weighted by molar-refractivity contribution is 7.89. The van der Waals surface area contributed by atoms with E-state index in [-0.39, 0.29) is 4.90 Å². The molecule has 0 fully saturated rings. The highest BCUT2D eigenvalue weighted by atomic mass is 32.2. The molecule has 0 aliphatic rings. The Hall–Kier alpha value is -1.80. The van der Waals surface area contributed by atoms with E-state index in [0.29, 0.717) is 0 Å². The molecule has 1 unspecified atom stereocenters. The van der Waals surface area contributed by atoms with Crippen molar-refractivity contribution in [3.05, 3.63) is 54.0 Å². The van der Waals surface area contributed by atoms with Gasteiger partial charge in [-0.25, -0.2) is 8.42 Å². The van der Waals surface area contributed by atoms with Gasteiger partial charge in [-0.1, -0.05) is 17.7 Å². The molecular formula is C13H12F3NO3S. The van der Waals surface area contributed by atoms with Crippen LogP contribution >= 0.6 is 0 Å². The third-order valence-electron chi connectivity index (χ3n) is 2.76. The fraction of sp³-hybridized carbons (Fsp3) is 0.231. The Balaban J connectivity index is 2.34. The number of halogens is 3. The van der Waals surface area contributed by atoms with Crippen molar-refractivity contribution < 1.29 is 26.0 Å². The van der Waals surface area contributed by atoms with Crippen LogP contribution in [0.3, 0.4) is 0 Å².